The summed E-state index contributed by atoms with van der Waals surface area (Å²) in [4.78, 5) is 13.0. The molecular formula is C24H27ClN4O2S. The molecular weight excluding hydrogens is 444 g/mol. The summed E-state index contributed by atoms with van der Waals surface area (Å²) in [6, 6.07) is 8.27. The van der Waals surface area contributed by atoms with Gasteiger partial charge in [-0.3, -0.25) is 4.21 Å². The molecule has 8 heteroatoms. The van der Waals surface area contributed by atoms with Gasteiger partial charge in [0.2, 0.25) is 5.95 Å². The summed E-state index contributed by atoms with van der Waals surface area (Å²) < 4.78 is 13.2. The fourth-order valence-corrected chi connectivity index (χ4v) is 8.06. The number of hydrogen-bond donors (Lipinski definition) is 2. The third kappa shape index (κ3) is 2.83. The Bertz CT molecular complexity index is 1110. The van der Waals surface area contributed by atoms with Gasteiger partial charge < -0.3 is 15.3 Å². The smallest absolute Gasteiger partial charge is 0.227 e. The highest BCUT2D eigenvalue weighted by Crippen LogP contribution is 2.59. The van der Waals surface area contributed by atoms with Gasteiger partial charge in [-0.05, 0) is 67.6 Å². The summed E-state index contributed by atoms with van der Waals surface area (Å²) in [6.07, 6.45) is 5.75. The standard InChI is InChI=1S/C24H27ClN4O2S/c25-15-4-2-14(3-5-15)19-16-11-29(12-17(16)19)22-26-18-10-24(8-9-24)32(31)20(18)21(27-22)28-23(13-30)6-1-7-23/h2-5,16-17,19,30H,1,6-13H2,(H,26,27,28)/t16?,17?,19?,32-/m1/s1. The van der Waals surface area contributed by atoms with Crippen LogP contribution in [-0.2, 0) is 17.2 Å². The maximum absolute atomic E-state index is 13.3. The molecule has 1 aromatic carbocycles. The molecule has 1 saturated heterocycles. The molecule has 4 fully saturated rings. The summed E-state index contributed by atoms with van der Waals surface area (Å²) >= 11 is 6.06. The first-order valence-electron chi connectivity index (χ1n) is 11.7. The zero-order valence-corrected chi connectivity index (χ0v) is 19.5. The first-order valence-corrected chi connectivity index (χ1v) is 13.3. The molecule has 1 spiro atoms. The molecule has 3 saturated carbocycles. The van der Waals surface area contributed by atoms with E-state index in [0.717, 1.165) is 73.2 Å². The van der Waals surface area contributed by atoms with Crippen LogP contribution in [0.1, 0.15) is 49.3 Å². The molecule has 2 aromatic rings. The fraction of sp³-hybridized carbons (Fsp3) is 0.583. The summed E-state index contributed by atoms with van der Waals surface area (Å²) in [6.45, 7) is 1.99. The summed E-state index contributed by atoms with van der Waals surface area (Å²) in [5, 5.41) is 14.3. The van der Waals surface area contributed by atoms with E-state index in [9.17, 15) is 9.32 Å². The summed E-state index contributed by atoms with van der Waals surface area (Å²) in [5.41, 5.74) is 2.01. The van der Waals surface area contributed by atoms with Crippen LogP contribution in [-0.4, -0.2) is 49.3 Å². The number of rotatable bonds is 5. The minimum absolute atomic E-state index is 0.0789. The Morgan fingerprint density at radius 1 is 1.12 bits per heavy atom. The number of aliphatic hydroxyl groups excluding tert-OH is 1. The van der Waals surface area contributed by atoms with E-state index in [1.165, 1.54) is 5.56 Å². The van der Waals surface area contributed by atoms with Gasteiger partial charge in [-0.15, -0.1) is 0 Å². The lowest BCUT2D eigenvalue weighted by atomic mass is 9.77. The van der Waals surface area contributed by atoms with Crippen molar-refractivity contribution in [2.45, 2.75) is 59.6 Å². The molecule has 7 rings (SSSR count). The first-order chi connectivity index (χ1) is 15.5. The molecule has 0 amide bonds. The topological polar surface area (TPSA) is 78.4 Å². The molecule has 32 heavy (non-hydrogen) atoms. The monoisotopic (exact) mass is 470 g/mol. The number of hydrogen-bond acceptors (Lipinski definition) is 6. The highest BCUT2D eigenvalue weighted by atomic mass is 35.5. The van der Waals surface area contributed by atoms with Crippen molar-refractivity contribution in [3.63, 3.8) is 0 Å². The van der Waals surface area contributed by atoms with Crippen LogP contribution < -0.4 is 10.2 Å². The number of fused-ring (bicyclic) bond motifs is 2. The minimum atomic E-state index is -1.06. The van der Waals surface area contributed by atoms with Crippen LogP contribution in [0, 0.1) is 11.8 Å². The molecule has 2 N–H and O–H groups in total. The van der Waals surface area contributed by atoms with Crippen LogP contribution in [0.3, 0.4) is 0 Å². The van der Waals surface area contributed by atoms with E-state index in [1.807, 2.05) is 12.1 Å². The third-order valence-corrected chi connectivity index (χ3v) is 10.9. The van der Waals surface area contributed by atoms with Crippen LogP contribution in [0.15, 0.2) is 29.2 Å². The fourth-order valence-electron chi connectivity index (χ4n) is 6.16. The van der Waals surface area contributed by atoms with Crippen molar-refractivity contribution in [3.8, 4) is 0 Å². The minimum Gasteiger partial charge on any atom is -0.394 e. The number of anilines is 2. The molecule has 2 unspecified atom stereocenters. The Morgan fingerprint density at radius 3 is 2.44 bits per heavy atom. The average molecular weight is 471 g/mol. The molecule has 3 heterocycles. The van der Waals surface area contributed by atoms with Crippen LogP contribution in [0.5, 0.6) is 0 Å². The Balaban J connectivity index is 1.17. The van der Waals surface area contributed by atoms with Gasteiger partial charge in [0.1, 0.15) is 10.7 Å². The van der Waals surface area contributed by atoms with Gasteiger partial charge in [0.25, 0.3) is 0 Å². The Hall–Kier alpha value is -1.70. The number of nitrogens with zero attached hydrogens (tertiary/aromatic N) is 3. The second-order valence-corrected chi connectivity index (χ2v) is 12.8. The lowest BCUT2D eigenvalue weighted by Gasteiger charge is -2.41. The molecule has 168 valence electrons. The van der Waals surface area contributed by atoms with Crippen molar-refractivity contribution in [2.24, 2.45) is 11.8 Å². The van der Waals surface area contributed by atoms with Crippen molar-refractivity contribution in [3.05, 3.63) is 40.5 Å². The zero-order chi connectivity index (χ0) is 21.7. The van der Waals surface area contributed by atoms with Gasteiger partial charge in [-0.2, -0.15) is 4.98 Å². The molecule has 1 aromatic heterocycles. The third-order valence-electron chi connectivity index (χ3n) is 8.53. The van der Waals surface area contributed by atoms with Crippen LogP contribution in [0.2, 0.25) is 5.02 Å². The van der Waals surface area contributed by atoms with Gasteiger partial charge >= 0.3 is 0 Å². The molecule has 0 bridgehead atoms. The molecule has 5 aliphatic rings. The molecule has 6 nitrogen and oxygen atoms in total. The second-order valence-electron chi connectivity index (χ2n) is 10.5. The van der Waals surface area contributed by atoms with E-state index in [-0.39, 0.29) is 16.9 Å². The van der Waals surface area contributed by atoms with E-state index < -0.39 is 10.8 Å². The van der Waals surface area contributed by atoms with Gasteiger partial charge in [-0.25, -0.2) is 4.98 Å². The van der Waals surface area contributed by atoms with Crippen molar-refractivity contribution < 1.29 is 9.32 Å². The lowest BCUT2D eigenvalue weighted by molar-refractivity contribution is 0.143. The molecule has 2 aliphatic heterocycles. The van der Waals surface area contributed by atoms with Crippen molar-refractivity contribution >= 4 is 34.2 Å². The number of aliphatic hydroxyl groups is 1. The Morgan fingerprint density at radius 2 is 1.84 bits per heavy atom. The summed E-state index contributed by atoms with van der Waals surface area (Å²) in [5.74, 6) is 3.32. The van der Waals surface area contributed by atoms with Gasteiger partial charge in [0.15, 0.2) is 0 Å². The van der Waals surface area contributed by atoms with E-state index >= 15 is 0 Å². The predicted molar refractivity (Wildman–Crippen MR) is 125 cm³/mol. The quantitative estimate of drug-likeness (QED) is 0.696. The van der Waals surface area contributed by atoms with Gasteiger partial charge in [0, 0.05) is 24.5 Å². The van der Waals surface area contributed by atoms with E-state index in [1.54, 1.807) is 0 Å². The number of piperidine rings is 1. The molecule has 3 atom stereocenters. The highest BCUT2D eigenvalue weighted by Gasteiger charge is 2.58. The van der Waals surface area contributed by atoms with Gasteiger partial charge in [0.05, 0.1) is 33.4 Å². The van der Waals surface area contributed by atoms with Crippen molar-refractivity contribution in [2.75, 3.05) is 29.9 Å². The van der Waals surface area contributed by atoms with E-state index in [2.05, 4.69) is 22.3 Å². The van der Waals surface area contributed by atoms with Crippen molar-refractivity contribution in [1.29, 1.82) is 0 Å². The average Bonchev–Trinajstić information content (AvgIpc) is 3.61. The number of halogens is 1. The Kier molecular flexibility index (Phi) is 4.12. The number of nitrogens with one attached hydrogen (secondary N) is 1. The molecule has 3 aliphatic carbocycles. The van der Waals surface area contributed by atoms with Crippen LogP contribution >= 0.6 is 11.6 Å². The normalized spacial score (nSPS) is 32.4. The van der Waals surface area contributed by atoms with E-state index in [0.29, 0.717) is 23.6 Å². The maximum atomic E-state index is 13.3. The number of benzene rings is 1. The van der Waals surface area contributed by atoms with Gasteiger partial charge in [-0.1, -0.05) is 23.7 Å². The van der Waals surface area contributed by atoms with Crippen LogP contribution in [0.25, 0.3) is 0 Å². The zero-order valence-electron chi connectivity index (χ0n) is 17.9. The Labute approximate surface area is 195 Å². The largest absolute Gasteiger partial charge is 0.394 e. The molecule has 0 radical (unpaired) electrons. The summed E-state index contributed by atoms with van der Waals surface area (Å²) in [7, 11) is -1.06. The van der Waals surface area contributed by atoms with Crippen LogP contribution in [0.4, 0.5) is 11.8 Å². The maximum Gasteiger partial charge on any atom is 0.227 e. The predicted octanol–water partition coefficient (Wildman–Crippen LogP) is 3.50. The second kappa shape index (κ2) is 6.67. The van der Waals surface area contributed by atoms with E-state index in [4.69, 9.17) is 21.6 Å². The SMILES string of the molecule is O=[S@@]1c2c(nc(N3CC4C(C3)C4c3ccc(Cl)cc3)nc2NC2(CO)CCC2)CC12CC2. The van der Waals surface area contributed by atoms with Crippen molar-refractivity contribution in [1.82, 2.24) is 9.97 Å². The first kappa shape index (κ1) is 19.7. The highest BCUT2D eigenvalue weighted by molar-refractivity contribution is 7.87. The number of aromatic nitrogens is 2. The lowest BCUT2D eigenvalue weighted by Crippen LogP contribution is -2.48.